The lowest BCUT2D eigenvalue weighted by atomic mass is 10.2. The monoisotopic (exact) mass is 278 g/mol. The molecule has 0 unspecified atom stereocenters. The Morgan fingerprint density at radius 1 is 1.35 bits per heavy atom. The van der Waals surface area contributed by atoms with E-state index in [9.17, 15) is 9.59 Å². The minimum atomic E-state index is -0.480. The van der Waals surface area contributed by atoms with Crippen molar-refractivity contribution >= 4 is 12.1 Å². The molecule has 2 rings (SSSR count). The molecule has 1 heterocycles. The molecule has 0 aromatic heterocycles. The summed E-state index contributed by atoms with van der Waals surface area (Å²) < 4.78 is 9.77. The summed E-state index contributed by atoms with van der Waals surface area (Å²) in [7, 11) is 1.35. The van der Waals surface area contributed by atoms with E-state index in [-0.39, 0.29) is 24.7 Å². The number of carbonyl (C=O) groups excluding carboxylic acids is 2. The van der Waals surface area contributed by atoms with E-state index in [1.54, 1.807) is 0 Å². The third-order valence-corrected chi connectivity index (χ3v) is 3.15. The van der Waals surface area contributed by atoms with Crippen molar-refractivity contribution in [3.63, 3.8) is 0 Å². The summed E-state index contributed by atoms with van der Waals surface area (Å²) in [6.45, 7) is 0.757. The maximum absolute atomic E-state index is 11.6. The normalized spacial score (nSPS) is 21.2. The number of methoxy groups -OCH3 is 1. The Hall–Kier alpha value is -2.08. The van der Waals surface area contributed by atoms with Crippen molar-refractivity contribution in [1.82, 2.24) is 10.6 Å². The summed E-state index contributed by atoms with van der Waals surface area (Å²) in [5.41, 5.74) is 0.930. The Balaban J connectivity index is 1.72. The van der Waals surface area contributed by atoms with Crippen LogP contribution in [0.3, 0.4) is 0 Å². The van der Waals surface area contributed by atoms with Gasteiger partial charge in [0.25, 0.3) is 0 Å². The van der Waals surface area contributed by atoms with Crippen LogP contribution >= 0.6 is 0 Å². The van der Waals surface area contributed by atoms with Gasteiger partial charge >= 0.3 is 12.1 Å². The number of benzene rings is 1. The summed E-state index contributed by atoms with van der Waals surface area (Å²) in [5.74, 6) is -0.313. The summed E-state index contributed by atoms with van der Waals surface area (Å²) in [4.78, 5) is 23.0. The number of hydrogen-bond acceptors (Lipinski definition) is 5. The molecule has 6 nitrogen and oxygen atoms in total. The molecule has 1 aliphatic heterocycles. The molecular weight excluding hydrogens is 260 g/mol. The summed E-state index contributed by atoms with van der Waals surface area (Å²) in [5, 5.41) is 5.72. The van der Waals surface area contributed by atoms with Gasteiger partial charge < -0.3 is 20.1 Å². The molecule has 1 amide bonds. The maximum Gasteiger partial charge on any atom is 0.407 e. The van der Waals surface area contributed by atoms with Crippen LogP contribution in [-0.4, -0.2) is 37.8 Å². The molecular formula is C14H18N2O4. The molecule has 2 N–H and O–H groups in total. The number of rotatable bonds is 4. The Labute approximate surface area is 117 Å². The molecule has 108 valence electrons. The van der Waals surface area contributed by atoms with Gasteiger partial charge in [0.1, 0.15) is 12.6 Å². The van der Waals surface area contributed by atoms with Crippen LogP contribution < -0.4 is 10.6 Å². The summed E-state index contributed by atoms with van der Waals surface area (Å²) in [6.07, 6.45) is 0.0267. The molecule has 1 saturated heterocycles. The molecule has 1 aliphatic rings. The topological polar surface area (TPSA) is 76.7 Å². The van der Waals surface area contributed by atoms with E-state index in [0.717, 1.165) is 5.56 Å². The third-order valence-electron chi connectivity index (χ3n) is 3.15. The molecule has 0 bridgehead atoms. The highest BCUT2D eigenvalue weighted by molar-refractivity contribution is 5.76. The number of amides is 1. The van der Waals surface area contributed by atoms with Crippen molar-refractivity contribution in [3.05, 3.63) is 35.9 Å². The molecule has 0 radical (unpaired) electrons. The molecule has 1 aromatic carbocycles. The number of ether oxygens (including phenoxy) is 2. The second-order valence-electron chi connectivity index (χ2n) is 4.62. The maximum atomic E-state index is 11.6. The van der Waals surface area contributed by atoms with Crippen molar-refractivity contribution in [3.8, 4) is 0 Å². The summed E-state index contributed by atoms with van der Waals surface area (Å²) >= 11 is 0. The van der Waals surface area contributed by atoms with Gasteiger partial charge in [0, 0.05) is 12.6 Å². The molecule has 2 atom stereocenters. The molecule has 6 heteroatoms. The van der Waals surface area contributed by atoms with Gasteiger partial charge in [-0.25, -0.2) is 4.79 Å². The van der Waals surface area contributed by atoms with E-state index in [4.69, 9.17) is 4.74 Å². The number of alkyl carbamates (subject to hydrolysis) is 1. The SMILES string of the molecule is COC(=O)[C@@H]1C[C@H](NC(=O)OCc2ccccc2)CN1. The molecule has 20 heavy (non-hydrogen) atoms. The Kier molecular flexibility index (Phi) is 4.95. The van der Waals surface area contributed by atoms with Crippen LogP contribution in [-0.2, 0) is 20.9 Å². The van der Waals surface area contributed by atoms with Gasteiger partial charge in [0.05, 0.1) is 7.11 Å². The van der Waals surface area contributed by atoms with Gasteiger partial charge in [-0.2, -0.15) is 0 Å². The van der Waals surface area contributed by atoms with Crippen LogP contribution in [0.4, 0.5) is 4.79 Å². The van der Waals surface area contributed by atoms with Crippen LogP contribution in [0.15, 0.2) is 30.3 Å². The lowest BCUT2D eigenvalue weighted by molar-refractivity contribution is -0.142. The fourth-order valence-electron chi connectivity index (χ4n) is 2.10. The molecule has 1 fully saturated rings. The van der Waals surface area contributed by atoms with E-state index >= 15 is 0 Å². The molecule has 0 spiro atoms. The fraction of sp³-hybridized carbons (Fsp3) is 0.429. The van der Waals surface area contributed by atoms with Crippen LogP contribution in [0.1, 0.15) is 12.0 Å². The first kappa shape index (κ1) is 14.3. The standard InChI is InChI=1S/C14H18N2O4/c1-19-13(17)12-7-11(8-15-12)16-14(18)20-9-10-5-3-2-4-6-10/h2-6,11-12,15H,7-9H2,1H3,(H,16,18)/t11-,12-/m0/s1. The van der Waals surface area contributed by atoms with E-state index in [2.05, 4.69) is 15.4 Å². The largest absolute Gasteiger partial charge is 0.468 e. The first-order valence-electron chi connectivity index (χ1n) is 6.47. The van der Waals surface area contributed by atoms with Gasteiger partial charge in [-0.1, -0.05) is 30.3 Å². The van der Waals surface area contributed by atoms with Crippen molar-refractivity contribution in [2.75, 3.05) is 13.7 Å². The molecule has 1 aromatic rings. The zero-order valence-corrected chi connectivity index (χ0v) is 11.3. The van der Waals surface area contributed by atoms with Gasteiger partial charge in [0.2, 0.25) is 0 Å². The Bertz CT molecular complexity index is 464. The fourth-order valence-corrected chi connectivity index (χ4v) is 2.10. The minimum absolute atomic E-state index is 0.123. The lowest BCUT2D eigenvalue weighted by Crippen LogP contribution is -2.36. The van der Waals surface area contributed by atoms with Crippen LogP contribution in [0.5, 0.6) is 0 Å². The van der Waals surface area contributed by atoms with Gasteiger partial charge in [-0.05, 0) is 12.0 Å². The first-order chi connectivity index (χ1) is 9.69. The highest BCUT2D eigenvalue weighted by Crippen LogP contribution is 2.08. The van der Waals surface area contributed by atoms with Crippen LogP contribution in [0, 0.1) is 0 Å². The van der Waals surface area contributed by atoms with E-state index in [0.29, 0.717) is 13.0 Å². The van der Waals surface area contributed by atoms with Crippen LogP contribution in [0.2, 0.25) is 0 Å². The summed E-state index contributed by atoms with van der Waals surface area (Å²) in [6, 6.07) is 8.97. The highest BCUT2D eigenvalue weighted by Gasteiger charge is 2.31. The molecule has 0 aliphatic carbocycles. The predicted molar refractivity (Wildman–Crippen MR) is 72.0 cm³/mol. The average Bonchev–Trinajstić information content (AvgIpc) is 2.94. The number of esters is 1. The van der Waals surface area contributed by atoms with E-state index in [1.165, 1.54) is 7.11 Å². The van der Waals surface area contributed by atoms with Crippen molar-refractivity contribution in [2.45, 2.75) is 25.1 Å². The average molecular weight is 278 g/mol. The van der Waals surface area contributed by atoms with Gasteiger partial charge in [-0.3, -0.25) is 4.79 Å². The van der Waals surface area contributed by atoms with E-state index in [1.807, 2.05) is 30.3 Å². The quantitative estimate of drug-likeness (QED) is 0.797. The minimum Gasteiger partial charge on any atom is -0.468 e. The smallest absolute Gasteiger partial charge is 0.407 e. The third kappa shape index (κ3) is 3.96. The van der Waals surface area contributed by atoms with E-state index < -0.39 is 6.09 Å². The van der Waals surface area contributed by atoms with Crippen molar-refractivity contribution in [1.29, 1.82) is 0 Å². The Morgan fingerprint density at radius 2 is 2.10 bits per heavy atom. The zero-order valence-electron chi connectivity index (χ0n) is 11.3. The van der Waals surface area contributed by atoms with Crippen molar-refractivity contribution in [2.24, 2.45) is 0 Å². The first-order valence-corrected chi connectivity index (χ1v) is 6.47. The zero-order chi connectivity index (χ0) is 14.4. The second kappa shape index (κ2) is 6.91. The van der Waals surface area contributed by atoms with Crippen molar-refractivity contribution < 1.29 is 19.1 Å². The Morgan fingerprint density at radius 3 is 2.80 bits per heavy atom. The second-order valence-corrected chi connectivity index (χ2v) is 4.62. The lowest BCUT2D eigenvalue weighted by Gasteiger charge is -2.12. The number of hydrogen-bond donors (Lipinski definition) is 2. The number of carbonyl (C=O) groups is 2. The highest BCUT2D eigenvalue weighted by atomic mass is 16.5. The predicted octanol–water partition coefficient (Wildman–Crippen LogP) is 0.816. The van der Waals surface area contributed by atoms with Gasteiger partial charge in [0.15, 0.2) is 0 Å². The van der Waals surface area contributed by atoms with Crippen LogP contribution in [0.25, 0.3) is 0 Å². The van der Waals surface area contributed by atoms with Gasteiger partial charge in [-0.15, -0.1) is 0 Å². The molecule has 0 saturated carbocycles. The number of nitrogens with one attached hydrogen (secondary N) is 2.